The van der Waals surface area contributed by atoms with E-state index in [2.05, 4.69) is 40.3 Å². The average Bonchev–Trinajstić information content (AvgIpc) is 2.45. The highest BCUT2D eigenvalue weighted by molar-refractivity contribution is 9.10. The van der Waals surface area contributed by atoms with E-state index in [0.29, 0.717) is 39.1 Å². The SMILES string of the molecule is COCCOCCOCCN[C@@H](C)c1cccc(Br)c1. The van der Waals surface area contributed by atoms with Crippen LogP contribution in [0.4, 0.5) is 0 Å². The normalized spacial score (nSPS) is 12.6. The largest absolute Gasteiger partial charge is 0.382 e. The van der Waals surface area contributed by atoms with Crippen molar-refractivity contribution in [3.8, 4) is 0 Å². The van der Waals surface area contributed by atoms with Gasteiger partial charge in [-0.05, 0) is 24.6 Å². The number of hydrogen-bond acceptors (Lipinski definition) is 4. The van der Waals surface area contributed by atoms with Gasteiger partial charge in [0.05, 0.1) is 33.0 Å². The van der Waals surface area contributed by atoms with Crippen LogP contribution in [0.15, 0.2) is 28.7 Å². The lowest BCUT2D eigenvalue weighted by molar-refractivity contribution is 0.0253. The predicted molar refractivity (Wildman–Crippen MR) is 84.1 cm³/mol. The van der Waals surface area contributed by atoms with Crippen molar-refractivity contribution in [2.45, 2.75) is 13.0 Å². The molecule has 5 heteroatoms. The van der Waals surface area contributed by atoms with Gasteiger partial charge in [0.15, 0.2) is 0 Å². The third-order valence-electron chi connectivity index (χ3n) is 2.85. The van der Waals surface area contributed by atoms with Crippen LogP contribution in [0.5, 0.6) is 0 Å². The van der Waals surface area contributed by atoms with Crippen molar-refractivity contribution >= 4 is 15.9 Å². The Morgan fingerprint density at radius 3 is 2.50 bits per heavy atom. The molecule has 114 valence electrons. The summed E-state index contributed by atoms with van der Waals surface area (Å²) in [5.41, 5.74) is 1.27. The molecule has 1 atom stereocenters. The van der Waals surface area contributed by atoms with Gasteiger partial charge in [-0.1, -0.05) is 28.1 Å². The first-order chi connectivity index (χ1) is 9.74. The maximum atomic E-state index is 5.49. The van der Waals surface area contributed by atoms with Gasteiger partial charge < -0.3 is 19.5 Å². The second-order valence-corrected chi connectivity index (χ2v) is 5.36. The minimum atomic E-state index is 0.314. The summed E-state index contributed by atoms with van der Waals surface area (Å²) in [6.45, 7) is 6.15. The van der Waals surface area contributed by atoms with E-state index >= 15 is 0 Å². The monoisotopic (exact) mass is 345 g/mol. The summed E-state index contributed by atoms with van der Waals surface area (Å²) in [5, 5.41) is 3.43. The molecule has 1 aromatic rings. The fourth-order valence-corrected chi connectivity index (χ4v) is 2.12. The quantitative estimate of drug-likeness (QED) is 0.626. The molecule has 0 amide bonds. The minimum absolute atomic E-state index is 0.314. The lowest BCUT2D eigenvalue weighted by atomic mass is 10.1. The fraction of sp³-hybridized carbons (Fsp3) is 0.600. The molecule has 1 N–H and O–H groups in total. The molecule has 0 fully saturated rings. The van der Waals surface area contributed by atoms with Crippen molar-refractivity contribution in [1.82, 2.24) is 5.32 Å². The first-order valence-corrected chi connectivity index (χ1v) is 7.66. The molecule has 0 heterocycles. The van der Waals surface area contributed by atoms with Crippen molar-refractivity contribution < 1.29 is 14.2 Å². The maximum Gasteiger partial charge on any atom is 0.0701 e. The van der Waals surface area contributed by atoms with Crippen LogP contribution in [0.25, 0.3) is 0 Å². The molecule has 1 aromatic carbocycles. The molecule has 0 aliphatic heterocycles. The van der Waals surface area contributed by atoms with Gasteiger partial charge in [-0.15, -0.1) is 0 Å². The van der Waals surface area contributed by atoms with Crippen molar-refractivity contribution in [3.63, 3.8) is 0 Å². The van der Waals surface area contributed by atoms with Crippen LogP contribution in [0.2, 0.25) is 0 Å². The average molecular weight is 346 g/mol. The number of benzene rings is 1. The Kier molecular flexibility index (Phi) is 9.87. The number of hydrogen-bond donors (Lipinski definition) is 1. The van der Waals surface area contributed by atoms with E-state index in [0.717, 1.165) is 11.0 Å². The standard InChI is InChI=1S/C15H24BrNO3/c1-13(14-4-3-5-15(16)12-14)17-6-7-19-10-11-20-9-8-18-2/h3-5,12-13,17H,6-11H2,1-2H3/t13-/m0/s1. The maximum absolute atomic E-state index is 5.49. The number of halogens is 1. The van der Waals surface area contributed by atoms with Gasteiger partial charge in [-0.25, -0.2) is 0 Å². The predicted octanol–water partition coefficient (Wildman–Crippen LogP) is 2.78. The Labute approximate surface area is 129 Å². The zero-order valence-electron chi connectivity index (χ0n) is 12.2. The van der Waals surface area contributed by atoms with E-state index in [1.807, 2.05) is 12.1 Å². The molecule has 0 saturated carbocycles. The molecule has 20 heavy (non-hydrogen) atoms. The summed E-state index contributed by atoms with van der Waals surface area (Å²) < 4.78 is 16.8. The Morgan fingerprint density at radius 1 is 1.10 bits per heavy atom. The van der Waals surface area contributed by atoms with E-state index in [1.54, 1.807) is 7.11 Å². The third kappa shape index (κ3) is 7.97. The van der Waals surface area contributed by atoms with Crippen LogP contribution >= 0.6 is 15.9 Å². The van der Waals surface area contributed by atoms with E-state index in [-0.39, 0.29) is 0 Å². The van der Waals surface area contributed by atoms with E-state index in [4.69, 9.17) is 14.2 Å². The molecule has 1 rings (SSSR count). The van der Waals surface area contributed by atoms with E-state index in [9.17, 15) is 0 Å². The molecule has 0 saturated heterocycles. The van der Waals surface area contributed by atoms with E-state index in [1.165, 1.54) is 5.56 Å². The number of ether oxygens (including phenoxy) is 3. The topological polar surface area (TPSA) is 39.7 Å². The van der Waals surface area contributed by atoms with Crippen LogP contribution in [0.3, 0.4) is 0 Å². The summed E-state index contributed by atoms with van der Waals surface area (Å²) in [5.74, 6) is 0. The van der Waals surface area contributed by atoms with Gasteiger partial charge in [0.2, 0.25) is 0 Å². The molecular weight excluding hydrogens is 322 g/mol. The Bertz CT molecular complexity index is 363. The van der Waals surface area contributed by atoms with Gasteiger partial charge in [0.25, 0.3) is 0 Å². The minimum Gasteiger partial charge on any atom is -0.382 e. The second kappa shape index (κ2) is 11.2. The number of nitrogens with one attached hydrogen (secondary N) is 1. The Morgan fingerprint density at radius 2 is 1.80 bits per heavy atom. The zero-order valence-corrected chi connectivity index (χ0v) is 13.8. The molecule has 0 radical (unpaired) electrons. The second-order valence-electron chi connectivity index (χ2n) is 4.45. The van der Waals surface area contributed by atoms with Crippen molar-refractivity contribution in [2.75, 3.05) is 46.7 Å². The molecule has 0 bridgehead atoms. The van der Waals surface area contributed by atoms with Gasteiger partial charge in [0.1, 0.15) is 0 Å². The highest BCUT2D eigenvalue weighted by Gasteiger charge is 2.04. The lowest BCUT2D eigenvalue weighted by Gasteiger charge is -2.14. The first-order valence-electron chi connectivity index (χ1n) is 6.87. The molecule has 0 spiro atoms. The third-order valence-corrected chi connectivity index (χ3v) is 3.34. The summed E-state index contributed by atoms with van der Waals surface area (Å²) >= 11 is 3.48. The number of rotatable bonds is 11. The molecular formula is C15H24BrNO3. The van der Waals surface area contributed by atoms with Gasteiger partial charge >= 0.3 is 0 Å². The van der Waals surface area contributed by atoms with Crippen molar-refractivity contribution in [2.24, 2.45) is 0 Å². The lowest BCUT2D eigenvalue weighted by Crippen LogP contribution is -2.24. The molecule has 4 nitrogen and oxygen atoms in total. The summed E-state index contributed by atoms with van der Waals surface area (Å²) in [7, 11) is 1.66. The zero-order chi connectivity index (χ0) is 14.6. The van der Waals surface area contributed by atoms with Crippen molar-refractivity contribution in [3.05, 3.63) is 34.3 Å². The highest BCUT2D eigenvalue weighted by Crippen LogP contribution is 2.17. The Hall–Kier alpha value is -0.460. The smallest absolute Gasteiger partial charge is 0.0701 e. The highest BCUT2D eigenvalue weighted by atomic mass is 79.9. The number of methoxy groups -OCH3 is 1. The molecule has 0 aliphatic carbocycles. The van der Waals surface area contributed by atoms with E-state index < -0.39 is 0 Å². The van der Waals surface area contributed by atoms with Gasteiger partial charge in [-0.3, -0.25) is 0 Å². The van der Waals surface area contributed by atoms with Crippen LogP contribution in [0.1, 0.15) is 18.5 Å². The van der Waals surface area contributed by atoms with Crippen LogP contribution in [-0.4, -0.2) is 46.7 Å². The van der Waals surface area contributed by atoms with Crippen LogP contribution in [0, 0.1) is 0 Å². The van der Waals surface area contributed by atoms with Crippen molar-refractivity contribution in [1.29, 1.82) is 0 Å². The Balaban J connectivity index is 2.01. The summed E-state index contributed by atoms with van der Waals surface area (Å²) in [6.07, 6.45) is 0. The molecule has 0 aliphatic rings. The van der Waals surface area contributed by atoms with Gasteiger partial charge in [0, 0.05) is 24.2 Å². The molecule has 0 aromatic heterocycles. The first kappa shape index (κ1) is 17.6. The fourth-order valence-electron chi connectivity index (χ4n) is 1.71. The van der Waals surface area contributed by atoms with Gasteiger partial charge in [-0.2, -0.15) is 0 Å². The summed E-state index contributed by atoms with van der Waals surface area (Å²) in [6, 6.07) is 8.64. The molecule has 0 unspecified atom stereocenters. The summed E-state index contributed by atoms with van der Waals surface area (Å²) in [4.78, 5) is 0. The van der Waals surface area contributed by atoms with Crippen LogP contribution < -0.4 is 5.32 Å². The van der Waals surface area contributed by atoms with Crippen LogP contribution in [-0.2, 0) is 14.2 Å².